The van der Waals surface area contributed by atoms with Crippen LogP contribution in [-0.2, 0) is 24.2 Å². The van der Waals surface area contributed by atoms with Gasteiger partial charge in [-0.1, -0.05) is 23.7 Å². The van der Waals surface area contributed by atoms with Crippen LogP contribution in [0.15, 0.2) is 48.8 Å². The third kappa shape index (κ3) is 5.18. The number of benzene rings is 1. The van der Waals surface area contributed by atoms with E-state index in [9.17, 15) is 9.59 Å². The summed E-state index contributed by atoms with van der Waals surface area (Å²) >= 11 is 5.90. The smallest absolute Gasteiger partial charge is 0.319 e. The molecular formula is C21H22ClN7O2. The SMILES string of the molecule is O=C(NCc1nnc2n1C(C(=O)NCCc1ccc(Cl)cc1)CC2)Nc1cccnc1. The first-order valence-electron chi connectivity index (χ1n) is 10.00. The Morgan fingerprint density at radius 1 is 1.13 bits per heavy atom. The summed E-state index contributed by atoms with van der Waals surface area (Å²) in [7, 11) is 0. The highest BCUT2D eigenvalue weighted by Crippen LogP contribution is 2.26. The molecule has 0 saturated heterocycles. The summed E-state index contributed by atoms with van der Waals surface area (Å²) in [6, 6.07) is 10.3. The number of carbonyl (C=O) groups excluding carboxylic acids is 2. The van der Waals surface area contributed by atoms with Crippen molar-refractivity contribution < 1.29 is 9.59 Å². The Morgan fingerprint density at radius 3 is 2.74 bits per heavy atom. The van der Waals surface area contributed by atoms with E-state index < -0.39 is 0 Å². The standard InChI is InChI=1S/C21H22ClN7O2/c22-15-5-3-14(4-6-15)9-11-24-20(30)17-7-8-18-27-28-19(29(17)18)13-25-21(31)26-16-2-1-10-23-12-16/h1-6,10,12,17H,7-9,11,13H2,(H,24,30)(H2,25,26,31). The van der Waals surface area contributed by atoms with Gasteiger partial charge in [-0.3, -0.25) is 9.78 Å². The number of aromatic nitrogens is 4. The van der Waals surface area contributed by atoms with Crippen molar-refractivity contribution in [1.82, 2.24) is 30.4 Å². The van der Waals surface area contributed by atoms with E-state index in [-0.39, 0.29) is 24.5 Å². The number of fused-ring (bicyclic) bond motifs is 1. The van der Waals surface area contributed by atoms with Crippen LogP contribution in [-0.4, -0.2) is 38.2 Å². The van der Waals surface area contributed by atoms with Crippen LogP contribution in [0.1, 0.15) is 29.7 Å². The molecule has 0 bridgehead atoms. The number of hydrogen-bond acceptors (Lipinski definition) is 5. The van der Waals surface area contributed by atoms with Crippen LogP contribution in [0.4, 0.5) is 10.5 Å². The molecule has 1 aliphatic heterocycles. The number of hydrogen-bond donors (Lipinski definition) is 3. The normalized spacial score (nSPS) is 14.7. The number of rotatable bonds is 7. The first-order chi connectivity index (χ1) is 15.1. The lowest BCUT2D eigenvalue weighted by molar-refractivity contribution is -0.124. The fraction of sp³-hybridized carbons (Fsp3) is 0.286. The summed E-state index contributed by atoms with van der Waals surface area (Å²) in [5.74, 6) is 1.22. The lowest BCUT2D eigenvalue weighted by Gasteiger charge is -2.16. The molecule has 1 unspecified atom stereocenters. The van der Waals surface area contributed by atoms with Crippen LogP contribution in [0, 0.1) is 0 Å². The lowest BCUT2D eigenvalue weighted by Crippen LogP contribution is -2.34. The first-order valence-corrected chi connectivity index (χ1v) is 10.4. The number of nitrogens with one attached hydrogen (secondary N) is 3. The van der Waals surface area contributed by atoms with Gasteiger partial charge in [-0.25, -0.2) is 4.79 Å². The molecule has 1 atom stereocenters. The van der Waals surface area contributed by atoms with Crippen molar-refractivity contribution in [3.63, 3.8) is 0 Å². The molecule has 3 aromatic rings. The molecule has 2 aromatic heterocycles. The highest BCUT2D eigenvalue weighted by Gasteiger charge is 2.32. The van der Waals surface area contributed by atoms with Gasteiger partial charge in [-0.15, -0.1) is 10.2 Å². The number of halogens is 1. The van der Waals surface area contributed by atoms with Gasteiger partial charge in [0.1, 0.15) is 11.9 Å². The van der Waals surface area contributed by atoms with Gasteiger partial charge < -0.3 is 20.5 Å². The van der Waals surface area contributed by atoms with Crippen molar-refractivity contribution in [2.75, 3.05) is 11.9 Å². The fourth-order valence-corrected chi connectivity index (χ4v) is 3.65. The Balaban J connectivity index is 1.31. The van der Waals surface area contributed by atoms with Crippen molar-refractivity contribution in [2.45, 2.75) is 31.8 Å². The van der Waals surface area contributed by atoms with Gasteiger partial charge >= 0.3 is 6.03 Å². The van der Waals surface area contributed by atoms with Gasteiger partial charge in [-0.05, 0) is 42.7 Å². The summed E-state index contributed by atoms with van der Waals surface area (Å²) in [6.07, 6.45) is 5.23. The summed E-state index contributed by atoms with van der Waals surface area (Å²) in [6.45, 7) is 0.684. The maximum absolute atomic E-state index is 12.8. The highest BCUT2D eigenvalue weighted by molar-refractivity contribution is 6.30. The Morgan fingerprint density at radius 2 is 1.97 bits per heavy atom. The molecule has 0 spiro atoms. The first kappa shape index (κ1) is 20.8. The predicted molar refractivity (Wildman–Crippen MR) is 116 cm³/mol. The summed E-state index contributed by atoms with van der Waals surface area (Å²) in [5, 5.41) is 17.4. The Kier molecular flexibility index (Phi) is 6.42. The van der Waals surface area contributed by atoms with E-state index in [4.69, 9.17) is 11.6 Å². The molecule has 160 valence electrons. The van der Waals surface area contributed by atoms with Crippen molar-refractivity contribution >= 4 is 29.2 Å². The molecule has 4 rings (SSSR count). The van der Waals surface area contributed by atoms with Crippen LogP contribution in [0.3, 0.4) is 0 Å². The molecule has 3 N–H and O–H groups in total. The van der Waals surface area contributed by atoms with E-state index in [1.165, 1.54) is 0 Å². The number of pyridine rings is 1. The second-order valence-electron chi connectivity index (χ2n) is 7.17. The number of carbonyl (C=O) groups is 2. The van der Waals surface area contributed by atoms with Gasteiger partial charge in [0.2, 0.25) is 5.91 Å². The molecule has 0 fully saturated rings. The minimum atomic E-state index is -0.382. The Bertz CT molecular complexity index is 1050. The van der Waals surface area contributed by atoms with Gasteiger partial charge in [0.05, 0.1) is 18.4 Å². The minimum Gasteiger partial charge on any atom is -0.354 e. The van der Waals surface area contributed by atoms with Crippen LogP contribution in [0.25, 0.3) is 0 Å². The summed E-state index contributed by atoms with van der Waals surface area (Å²) < 4.78 is 1.82. The molecule has 0 radical (unpaired) electrons. The van der Waals surface area contributed by atoms with Gasteiger partial charge in [0, 0.05) is 24.2 Å². The van der Waals surface area contributed by atoms with E-state index in [0.717, 1.165) is 11.4 Å². The zero-order valence-electron chi connectivity index (χ0n) is 16.7. The largest absolute Gasteiger partial charge is 0.354 e. The zero-order chi connectivity index (χ0) is 21.6. The molecule has 1 aliphatic rings. The summed E-state index contributed by atoms with van der Waals surface area (Å²) in [5.41, 5.74) is 1.69. The highest BCUT2D eigenvalue weighted by atomic mass is 35.5. The molecule has 10 heteroatoms. The monoisotopic (exact) mass is 439 g/mol. The van der Waals surface area contributed by atoms with Crippen LogP contribution >= 0.6 is 11.6 Å². The van der Waals surface area contributed by atoms with Crippen molar-refractivity contribution in [2.24, 2.45) is 0 Å². The number of amides is 3. The molecular weight excluding hydrogens is 418 g/mol. The molecule has 31 heavy (non-hydrogen) atoms. The molecule has 1 aromatic carbocycles. The van der Waals surface area contributed by atoms with Crippen LogP contribution in [0.2, 0.25) is 5.02 Å². The van der Waals surface area contributed by atoms with Crippen LogP contribution in [0.5, 0.6) is 0 Å². The van der Waals surface area contributed by atoms with Gasteiger partial charge in [0.15, 0.2) is 5.82 Å². The average molecular weight is 440 g/mol. The van der Waals surface area contributed by atoms with Crippen molar-refractivity contribution in [3.8, 4) is 0 Å². The second-order valence-corrected chi connectivity index (χ2v) is 7.61. The molecule has 9 nitrogen and oxygen atoms in total. The van der Waals surface area contributed by atoms with Crippen molar-refractivity contribution in [3.05, 3.63) is 71.0 Å². The molecule has 3 heterocycles. The van der Waals surface area contributed by atoms with E-state index in [1.807, 2.05) is 28.8 Å². The third-order valence-corrected chi connectivity index (χ3v) is 5.30. The minimum absolute atomic E-state index is 0.0754. The van der Waals surface area contributed by atoms with Crippen molar-refractivity contribution in [1.29, 1.82) is 0 Å². The van der Waals surface area contributed by atoms with Gasteiger partial charge in [-0.2, -0.15) is 0 Å². The Hall–Kier alpha value is -3.46. The molecule has 0 saturated carbocycles. The van der Waals surface area contributed by atoms with E-state index in [2.05, 4.69) is 31.1 Å². The molecule has 3 amide bonds. The van der Waals surface area contributed by atoms with Crippen LogP contribution < -0.4 is 16.0 Å². The second kappa shape index (κ2) is 9.57. The quantitative estimate of drug-likeness (QED) is 0.523. The maximum atomic E-state index is 12.8. The van der Waals surface area contributed by atoms with E-state index in [1.54, 1.807) is 24.5 Å². The molecule has 0 aliphatic carbocycles. The number of nitrogens with zero attached hydrogens (tertiary/aromatic N) is 4. The lowest BCUT2D eigenvalue weighted by atomic mass is 10.1. The fourth-order valence-electron chi connectivity index (χ4n) is 3.53. The summed E-state index contributed by atoms with van der Waals surface area (Å²) in [4.78, 5) is 28.8. The van der Waals surface area contributed by atoms with E-state index >= 15 is 0 Å². The zero-order valence-corrected chi connectivity index (χ0v) is 17.5. The Labute approximate surface area is 184 Å². The van der Waals surface area contributed by atoms with E-state index in [0.29, 0.717) is 42.3 Å². The average Bonchev–Trinajstić information content (AvgIpc) is 3.37. The van der Waals surface area contributed by atoms with Gasteiger partial charge in [0.25, 0.3) is 0 Å². The third-order valence-electron chi connectivity index (χ3n) is 5.05. The predicted octanol–water partition coefficient (Wildman–Crippen LogP) is 2.49. The number of urea groups is 1. The maximum Gasteiger partial charge on any atom is 0.319 e. The number of aryl methyl sites for hydroxylation is 1. The number of anilines is 1. The topological polar surface area (TPSA) is 114 Å².